The predicted octanol–water partition coefficient (Wildman–Crippen LogP) is 6.58. The number of amides is 1. The van der Waals surface area contributed by atoms with Gasteiger partial charge in [0.25, 0.3) is 5.91 Å². The molecule has 0 saturated heterocycles. The van der Waals surface area contributed by atoms with Gasteiger partial charge in [-0.3, -0.25) is 4.79 Å². The molecule has 2 N–H and O–H groups in total. The highest BCUT2D eigenvalue weighted by Crippen LogP contribution is 2.43. The smallest absolute Gasteiger partial charge is 0.252 e. The Morgan fingerprint density at radius 2 is 1.77 bits per heavy atom. The summed E-state index contributed by atoms with van der Waals surface area (Å²) >= 11 is 12.5. The molecule has 222 valence electrons. The Kier molecular flexibility index (Phi) is 9.87. The van der Waals surface area contributed by atoms with Gasteiger partial charge in [0.05, 0.1) is 13.7 Å². The van der Waals surface area contributed by atoms with Gasteiger partial charge in [-0.2, -0.15) is 0 Å². The third-order valence-corrected chi connectivity index (χ3v) is 7.78. The van der Waals surface area contributed by atoms with Gasteiger partial charge in [0, 0.05) is 41.6 Å². The number of nitrogens with one attached hydrogen (secondary N) is 1. The van der Waals surface area contributed by atoms with Crippen molar-refractivity contribution in [2.45, 2.75) is 31.0 Å². The molecule has 9 heteroatoms. The molecule has 0 fully saturated rings. The van der Waals surface area contributed by atoms with E-state index in [1.54, 1.807) is 25.3 Å². The van der Waals surface area contributed by atoms with Crippen molar-refractivity contribution in [2.75, 3.05) is 20.3 Å². The summed E-state index contributed by atoms with van der Waals surface area (Å²) in [6.07, 6.45) is 0.0545. The molecule has 0 spiro atoms. The number of nitrogens with zero attached hydrogens (tertiary/aromatic N) is 1. The van der Waals surface area contributed by atoms with E-state index in [0.717, 1.165) is 16.7 Å². The van der Waals surface area contributed by atoms with E-state index >= 15 is 0 Å². The van der Waals surface area contributed by atoms with Crippen molar-refractivity contribution >= 4 is 35.0 Å². The van der Waals surface area contributed by atoms with Crippen LogP contribution in [0.15, 0.2) is 102 Å². The number of aliphatic hydroxyl groups excluding tert-OH is 1. The number of carbonyl (C=O) groups is 1. The summed E-state index contributed by atoms with van der Waals surface area (Å²) < 4.78 is 17.8. The van der Waals surface area contributed by atoms with Crippen LogP contribution in [-0.4, -0.2) is 42.8 Å². The third kappa shape index (κ3) is 7.13. The lowest BCUT2D eigenvalue weighted by Crippen LogP contribution is -2.49. The number of aliphatic hydroxyl groups is 1. The van der Waals surface area contributed by atoms with Crippen molar-refractivity contribution in [3.8, 4) is 11.5 Å². The molecule has 4 aromatic rings. The molecule has 1 amide bonds. The fraction of sp³-hybridized carbons (Fsp3) is 0.235. The average molecular weight is 620 g/mol. The van der Waals surface area contributed by atoms with E-state index in [9.17, 15) is 4.79 Å². The van der Waals surface area contributed by atoms with Crippen LogP contribution in [0.5, 0.6) is 11.5 Å². The van der Waals surface area contributed by atoms with Crippen molar-refractivity contribution in [1.29, 1.82) is 0 Å². The van der Waals surface area contributed by atoms with Crippen LogP contribution in [0, 0.1) is 0 Å². The minimum absolute atomic E-state index is 0.0597. The van der Waals surface area contributed by atoms with Gasteiger partial charge in [-0.1, -0.05) is 71.7 Å². The number of halogens is 2. The summed E-state index contributed by atoms with van der Waals surface area (Å²) in [5.41, 5.74) is 1.74. The van der Waals surface area contributed by atoms with E-state index in [0.29, 0.717) is 46.0 Å². The molecule has 0 aromatic heterocycles. The van der Waals surface area contributed by atoms with Gasteiger partial charge >= 0.3 is 0 Å². The van der Waals surface area contributed by atoms with Gasteiger partial charge in [0.1, 0.15) is 11.5 Å². The molecule has 0 bridgehead atoms. The Labute approximate surface area is 261 Å². The zero-order valence-electron chi connectivity index (χ0n) is 23.6. The first kappa shape index (κ1) is 30.4. The van der Waals surface area contributed by atoms with E-state index in [1.165, 1.54) is 0 Å². The molecule has 5 rings (SSSR count). The van der Waals surface area contributed by atoms with Crippen molar-refractivity contribution in [3.05, 3.63) is 129 Å². The van der Waals surface area contributed by atoms with Crippen LogP contribution in [-0.2, 0) is 22.5 Å². The highest BCUT2D eigenvalue weighted by atomic mass is 35.5. The van der Waals surface area contributed by atoms with Crippen molar-refractivity contribution in [3.63, 3.8) is 0 Å². The van der Waals surface area contributed by atoms with E-state index < -0.39 is 11.6 Å². The quantitative estimate of drug-likeness (QED) is 0.175. The lowest BCUT2D eigenvalue weighted by atomic mass is 9.82. The fourth-order valence-corrected chi connectivity index (χ4v) is 5.46. The number of rotatable bonds is 12. The zero-order valence-corrected chi connectivity index (χ0v) is 25.1. The highest BCUT2D eigenvalue weighted by Gasteiger charge is 2.53. The molecule has 2 atom stereocenters. The minimum atomic E-state index is -1.36. The largest absolute Gasteiger partial charge is 0.497 e. The van der Waals surface area contributed by atoms with Crippen LogP contribution >= 0.6 is 23.2 Å². The van der Waals surface area contributed by atoms with Gasteiger partial charge < -0.3 is 24.6 Å². The molecule has 0 radical (unpaired) electrons. The Morgan fingerprint density at radius 1 is 0.977 bits per heavy atom. The molecule has 43 heavy (non-hydrogen) atoms. The van der Waals surface area contributed by atoms with E-state index in [-0.39, 0.29) is 25.5 Å². The van der Waals surface area contributed by atoms with Crippen LogP contribution < -0.4 is 14.8 Å². The maximum Gasteiger partial charge on any atom is 0.252 e. The first-order valence-corrected chi connectivity index (χ1v) is 14.7. The molecule has 0 unspecified atom stereocenters. The van der Waals surface area contributed by atoms with E-state index in [2.05, 4.69) is 5.32 Å². The summed E-state index contributed by atoms with van der Waals surface area (Å²) in [7, 11) is 1.60. The Balaban J connectivity index is 1.56. The van der Waals surface area contributed by atoms with Crippen molar-refractivity contribution < 1.29 is 24.1 Å². The van der Waals surface area contributed by atoms with E-state index in [1.807, 2.05) is 78.9 Å². The summed E-state index contributed by atoms with van der Waals surface area (Å²) in [4.78, 5) is 19.5. The summed E-state index contributed by atoms with van der Waals surface area (Å²) in [6, 6.07) is 29.7. The SMILES string of the molecule is COc1cccc([C@H]2OC(c3ccc(OCCCO)cc3)=N[C@@]2(Cc2ccccc2)C(=O)NCc2ccc(Cl)cc2Cl)c1. The number of hydrogen-bond acceptors (Lipinski definition) is 6. The number of hydrogen-bond donors (Lipinski definition) is 2. The predicted molar refractivity (Wildman–Crippen MR) is 168 cm³/mol. The van der Waals surface area contributed by atoms with Crippen LogP contribution in [0.2, 0.25) is 10.0 Å². The molecular formula is C34H32Cl2N2O5. The second kappa shape index (κ2) is 14.0. The zero-order chi connectivity index (χ0) is 30.2. The summed E-state index contributed by atoms with van der Waals surface area (Å²) in [5.74, 6) is 1.33. The van der Waals surface area contributed by atoms with Crippen LogP contribution in [0.3, 0.4) is 0 Å². The summed E-state index contributed by atoms with van der Waals surface area (Å²) in [6.45, 7) is 0.647. The van der Waals surface area contributed by atoms with Gasteiger partial charge in [-0.05, 0) is 65.2 Å². The summed E-state index contributed by atoms with van der Waals surface area (Å²) in [5, 5.41) is 13.1. The number of ether oxygens (including phenoxy) is 3. The molecule has 7 nitrogen and oxygen atoms in total. The van der Waals surface area contributed by atoms with Crippen molar-refractivity contribution in [1.82, 2.24) is 5.32 Å². The first-order valence-electron chi connectivity index (χ1n) is 13.9. The number of aliphatic imine (C=N–C) groups is 1. The molecule has 1 aliphatic heterocycles. The number of methoxy groups -OCH3 is 1. The Hall–Kier alpha value is -4.04. The maximum absolute atomic E-state index is 14.4. The molecule has 1 aliphatic rings. The van der Waals surface area contributed by atoms with Gasteiger partial charge in [0.15, 0.2) is 11.6 Å². The number of benzene rings is 4. The Bertz CT molecular complexity index is 1580. The van der Waals surface area contributed by atoms with Gasteiger partial charge in [0.2, 0.25) is 5.90 Å². The van der Waals surface area contributed by atoms with Gasteiger partial charge in [-0.25, -0.2) is 4.99 Å². The topological polar surface area (TPSA) is 89.4 Å². The minimum Gasteiger partial charge on any atom is -0.497 e. The van der Waals surface area contributed by atoms with Crippen LogP contribution in [0.25, 0.3) is 0 Å². The second-order valence-electron chi connectivity index (χ2n) is 10.1. The monoisotopic (exact) mass is 618 g/mol. The highest BCUT2D eigenvalue weighted by molar-refractivity contribution is 6.35. The fourth-order valence-electron chi connectivity index (χ4n) is 4.99. The normalized spacial score (nSPS) is 17.6. The first-order chi connectivity index (χ1) is 20.9. The van der Waals surface area contributed by atoms with E-state index in [4.69, 9.17) is 47.5 Å². The Morgan fingerprint density at radius 3 is 2.49 bits per heavy atom. The molecule has 4 aromatic carbocycles. The average Bonchev–Trinajstić information content (AvgIpc) is 3.42. The van der Waals surface area contributed by atoms with Crippen LogP contribution in [0.4, 0.5) is 0 Å². The molecule has 0 aliphatic carbocycles. The molecular weight excluding hydrogens is 587 g/mol. The molecule has 1 heterocycles. The second-order valence-corrected chi connectivity index (χ2v) is 11.0. The number of carbonyl (C=O) groups excluding carboxylic acids is 1. The standard InChI is InChI=1S/C34H32Cl2N2O5/c1-41-29-10-5-9-25(19-29)31-34(21-23-7-3-2-4-8-23,33(40)37-22-26-11-14-27(35)20-30(26)36)38-32(43-31)24-12-15-28(16-13-24)42-18-6-17-39/h2-5,7-16,19-20,31,39H,6,17-18,21-22H2,1H3,(H,37,40)/t31-,34-/m1/s1. The maximum atomic E-state index is 14.4. The van der Waals surface area contributed by atoms with Crippen LogP contribution in [0.1, 0.15) is 34.8 Å². The van der Waals surface area contributed by atoms with Crippen molar-refractivity contribution in [2.24, 2.45) is 4.99 Å². The molecule has 0 saturated carbocycles. The van der Waals surface area contributed by atoms with Gasteiger partial charge in [-0.15, -0.1) is 0 Å². The third-order valence-electron chi connectivity index (χ3n) is 7.20. The lowest BCUT2D eigenvalue weighted by Gasteiger charge is -2.31. The lowest BCUT2D eigenvalue weighted by molar-refractivity contribution is -0.129.